The Bertz CT molecular complexity index is 1540. The second-order valence-electron chi connectivity index (χ2n) is 9.85. The van der Waals surface area contributed by atoms with E-state index in [0.29, 0.717) is 17.9 Å². The Labute approximate surface area is 231 Å². The number of nitrogens with zero attached hydrogens (tertiary/aromatic N) is 4. The maximum Gasteiger partial charge on any atom is 0.312 e. The van der Waals surface area contributed by atoms with Gasteiger partial charge in [-0.05, 0) is 55.3 Å². The molecule has 10 heteroatoms. The molecule has 0 saturated carbocycles. The summed E-state index contributed by atoms with van der Waals surface area (Å²) in [6, 6.07) is 13.8. The van der Waals surface area contributed by atoms with Gasteiger partial charge in [-0.3, -0.25) is 19.9 Å². The lowest BCUT2D eigenvalue weighted by Gasteiger charge is -2.45. The molecule has 0 amide bonds. The molecule has 0 saturated heterocycles. The van der Waals surface area contributed by atoms with Gasteiger partial charge >= 0.3 is 5.97 Å². The summed E-state index contributed by atoms with van der Waals surface area (Å²) in [7, 11) is 0. The van der Waals surface area contributed by atoms with Crippen LogP contribution in [0.5, 0.6) is 0 Å². The molecule has 0 aliphatic carbocycles. The highest BCUT2D eigenvalue weighted by atomic mass is 16.6. The SMILES string of the molecule is CC1=CC(c2cccc([N+](=O)[O-])c2)C(C(=O)OCC=Cc2ccc(Cn3ccnc3)o2)C(C)(c2cccnc2)N1. The summed E-state index contributed by atoms with van der Waals surface area (Å²) in [5.74, 6) is -0.236. The van der Waals surface area contributed by atoms with Crippen LogP contribution in [0.1, 0.15) is 42.4 Å². The number of aromatic nitrogens is 3. The predicted molar refractivity (Wildman–Crippen MR) is 148 cm³/mol. The van der Waals surface area contributed by atoms with Gasteiger partial charge in [-0.15, -0.1) is 0 Å². The van der Waals surface area contributed by atoms with Gasteiger partial charge in [-0.1, -0.05) is 24.3 Å². The molecular formula is C30H29N5O5. The molecule has 1 aromatic carbocycles. The molecule has 40 heavy (non-hydrogen) atoms. The number of non-ortho nitro benzene ring substituents is 1. The molecule has 0 spiro atoms. The molecule has 5 rings (SSSR count). The summed E-state index contributed by atoms with van der Waals surface area (Å²) in [6.45, 7) is 4.43. The van der Waals surface area contributed by atoms with E-state index in [1.165, 1.54) is 12.1 Å². The second kappa shape index (κ2) is 11.4. The number of nitro groups is 1. The van der Waals surface area contributed by atoms with Crippen LogP contribution < -0.4 is 5.32 Å². The lowest BCUT2D eigenvalue weighted by atomic mass is 9.68. The number of esters is 1. The first kappa shape index (κ1) is 26.6. The Kier molecular flexibility index (Phi) is 7.59. The molecule has 204 valence electrons. The maximum absolute atomic E-state index is 13.8. The molecule has 0 bridgehead atoms. The highest BCUT2D eigenvalue weighted by Gasteiger charge is 2.49. The van der Waals surface area contributed by atoms with E-state index in [-0.39, 0.29) is 12.3 Å². The van der Waals surface area contributed by atoms with Crippen molar-refractivity contribution in [3.05, 3.63) is 130 Å². The van der Waals surface area contributed by atoms with Crippen molar-refractivity contribution in [3.63, 3.8) is 0 Å². The Morgan fingerprint density at radius 3 is 2.85 bits per heavy atom. The van der Waals surface area contributed by atoms with E-state index < -0.39 is 28.3 Å². The van der Waals surface area contributed by atoms with Gasteiger partial charge in [0.25, 0.3) is 5.69 Å². The molecule has 3 aromatic heterocycles. The lowest BCUT2D eigenvalue weighted by Crippen LogP contribution is -2.53. The molecule has 1 aliphatic heterocycles. The van der Waals surface area contributed by atoms with E-state index in [0.717, 1.165) is 17.0 Å². The Balaban J connectivity index is 1.38. The van der Waals surface area contributed by atoms with Gasteiger partial charge in [0, 0.05) is 48.5 Å². The van der Waals surface area contributed by atoms with Crippen LogP contribution in [0.25, 0.3) is 6.08 Å². The van der Waals surface area contributed by atoms with Gasteiger partial charge in [-0.25, -0.2) is 4.98 Å². The quantitative estimate of drug-likeness (QED) is 0.175. The number of furan rings is 1. The number of allylic oxidation sites excluding steroid dienone is 2. The fourth-order valence-electron chi connectivity index (χ4n) is 5.21. The van der Waals surface area contributed by atoms with Crippen molar-refractivity contribution in [1.29, 1.82) is 0 Å². The van der Waals surface area contributed by atoms with Gasteiger partial charge < -0.3 is 19.0 Å². The van der Waals surface area contributed by atoms with Crippen molar-refractivity contribution in [2.45, 2.75) is 31.8 Å². The number of hydrogen-bond donors (Lipinski definition) is 1. The van der Waals surface area contributed by atoms with E-state index >= 15 is 0 Å². The van der Waals surface area contributed by atoms with E-state index in [4.69, 9.17) is 9.15 Å². The average molecular weight is 540 g/mol. The summed E-state index contributed by atoms with van der Waals surface area (Å²) in [4.78, 5) is 33.1. The molecule has 4 aromatic rings. The van der Waals surface area contributed by atoms with Crippen LogP contribution in [-0.2, 0) is 21.6 Å². The molecule has 3 atom stereocenters. The van der Waals surface area contributed by atoms with Crippen molar-refractivity contribution in [2.75, 3.05) is 6.61 Å². The first-order chi connectivity index (χ1) is 19.3. The van der Waals surface area contributed by atoms with Gasteiger partial charge in [0.15, 0.2) is 0 Å². The third-order valence-electron chi connectivity index (χ3n) is 7.03. The van der Waals surface area contributed by atoms with Crippen molar-refractivity contribution >= 4 is 17.7 Å². The van der Waals surface area contributed by atoms with Crippen LogP contribution in [0, 0.1) is 16.0 Å². The number of pyridine rings is 1. The number of ether oxygens (including phenoxy) is 1. The third kappa shape index (κ3) is 5.70. The monoisotopic (exact) mass is 539 g/mol. The fraction of sp³-hybridized carbons (Fsp3) is 0.233. The lowest BCUT2D eigenvalue weighted by molar-refractivity contribution is -0.384. The normalized spacial score (nSPS) is 20.6. The first-order valence-corrected chi connectivity index (χ1v) is 12.8. The van der Waals surface area contributed by atoms with E-state index in [9.17, 15) is 14.9 Å². The highest BCUT2D eigenvalue weighted by molar-refractivity contribution is 5.77. The molecule has 1 N–H and O–H groups in total. The molecule has 0 fully saturated rings. The van der Waals surface area contributed by atoms with Crippen molar-refractivity contribution in [3.8, 4) is 0 Å². The largest absolute Gasteiger partial charge is 0.461 e. The number of nitrogens with one attached hydrogen (secondary N) is 1. The zero-order valence-electron chi connectivity index (χ0n) is 22.1. The van der Waals surface area contributed by atoms with Crippen LogP contribution in [0.2, 0.25) is 0 Å². The number of nitro benzene ring substituents is 1. The third-order valence-corrected chi connectivity index (χ3v) is 7.03. The summed E-state index contributed by atoms with van der Waals surface area (Å²) in [6.07, 6.45) is 14.1. The smallest absolute Gasteiger partial charge is 0.312 e. The summed E-state index contributed by atoms with van der Waals surface area (Å²) < 4.78 is 13.5. The minimum Gasteiger partial charge on any atom is -0.461 e. The van der Waals surface area contributed by atoms with Gasteiger partial charge in [0.05, 0.1) is 29.3 Å². The maximum atomic E-state index is 13.8. The number of rotatable bonds is 9. The molecule has 10 nitrogen and oxygen atoms in total. The minimum absolute atomic E-state index is 0.0281. The van der Waals surface area contributed by atoms with Crippen LogP contribution in [0.3, 0.4) is 0 Å². The van der Waals surface area contributed by atoms with Crippen LogP contribution in [-0.4, -0.2) is 32.0 Å². The number of carbonyl (C=O) groups is 1. The Morgan fingerprint density at radius 1 is 1.23 bits per heavy atom. The second-order valence-corrected chi connectivity index (χ2v) is 9.85. The molecule has 4 heterocycles. The molecular weight excluding hydrogens is 510 g/mol. The Morgan fingerprint density at radius 2 is 2.10 bits per heavy atom. The first-order valence-electron chi connectivity index (χ1n) is 12.8. The predicted octanol–water partition coefficient (Wildman–Crippen LogP) is 5.21. The zero-order chi connectivity index (χ0) is 28.1. The van der Waals surface area contributed by atoms with Crippen molar-refractivity contribution in [2.24, 2.45) is 5.92 Å². The zero-order valence-corrected chi connectivity index (χ0v) is 22.1. The van der Waals surface area contributed by atoms with Crippen LogP contribution in [0.15, 0.2) is 102 Å². The minimum atomic E-state index is -0.883. The molecule has 1 aliphatic rings. The van der Waals surface area contributed by atoms with Crippen molar-refractivity contribution in [1.82, 2.24) is 19.9 Å². The number of carbonyl (C=O) groups excluding carboxylic acids is 1. The highest BCUT2D eigenvalue weighted by Crippen LogP contribution is 2.45. The van der Waals surface area contributed by atoms with Gasteiger partial charge in [-0.2, -0.15) is 0 Å². The topological polar surface area (TPSA) is 125 Å². The van der Waals surface area contributed by atoms with Crippen LogP contribution in [0.4, 0.5) is 5.69 Å². The van der Waals surface area contributed by atoms with Gasteiger partial charge in [0.1, 0.15) is 18.1 Å². The number of benzene rings is 1. The average Bonchev–Trinajstić information content (AvgIpc) is 3.63. The van der Waals surface area contributed by atoms with E-state index in [2.05, 4.69) is 15.3 Å². The molecule has 0 radical (unpaired) electrons. The van der Waals surface area contributed by atoms with Crippen molar-refractivity contribution < 1.29 is 18.9 Å². The summed E-state index contributed by atoms with van der Waals surface area (Å²) in [5, 5.41) is 15.0. The van der Waals surface area contributed by atoms with Crippen LogP contribution >= 0.6 is 0 Å². The fourth-order valence-corrected chi connectivity index (χ4v) is 5.21. The Hall–Kier alpha value is -4.99. The summed E-state index contributed by atoms with van der Waals surface area (Å²) in [5.41, 5.74) is 1.38. The van der Waals surface area contributed by atoms with E-state index in [1.54, 1.807) is 49.2 Å². The number of imidazole rings is 1. The van der Waals surface area contributed by atoms with Gasteiger partial charge in [0.2, 0.25) is 0 Å². The molecule has 3 unspecified atom stereocenters. The van der Waals surface area contributed by atoms with E-state index in [1.807, 2.05) is 55.0 Å². The summed E-state index contributed by atoms with van der Waals surface area (Å²) >= 11 is 0. The standard InChI is InChI=1S/C30H29N5O5/c1-21-16-27(22-6-3-8-24(17-22)35(37)38)28(30(2,33-21)23-7-4-12-31-18-23)29(36)39-15-5-9-25-10-11-26(40-25)19-34-14-13-32-20-34/h3-14,16-18,20,27-28,33H,15,19H2,1-2H3. The number of hydrogen-bond acceptors (Lipinski definition) is 8.